The van der Waals surface area contributed by atoms with Crippen LogP contribution in [0.2, 0.25) is 0 Å². The average Bonchev–Trinajstić information content (AvgIpc) is 2.94. The van der Waals surface area contributed by atoms with Crippen molar-refractivity contribution in [3.63, 3.8) is 0 Å². The van der Waals surface area contributed by atoms with Crippen molar-refractivity contribution < 1.29 is 0 Å². The van der Waals surface area contributed by atoms with Crippen molar-refractivity contribution in [3.8, 4) is 5.69 Å². The second-order valence-electron chi connectivity index (χ2n) is 5.06. The number of piperidine rings is 1. The van der Waals surface area contributed by atoms with Crippen LogP contribution in [-0.4, -0.2) is 27.9 Å². The highest BCUT2D eigenvalue weighted by molar-refractivity contribution is 5.51. The SMILES string of the molecule is CC1CCN(c2ccc(-n3cnnc3)cc2)CC1. The standard InChI is InChI=1S/C14H18N4/c1-12-6-8-17(9-7-12)13-2-4-14(5-3-13)18-10-15-16-11-18/h2-5,10-12H,6-9H2,1H3. The first-order valence-corrected chi connectivity index (χ1v) is 6.53. The molecule has 4 heteroatoms. The first-order valence-electron chi connectivity index (χ1n) is 6.53. The van der Waals surface area contributed by atoms with Gasteiger partial charge in [-0.2, -0.15) is 0 Å². The highest BCUT2D eigenvalue weighted by atomic mass is 15.2. The molecule has 2 aromatic rings. The summed E-state index contributed by atoms with van der Waals surface area (Å²) in [6.07, 6.45) is 6.04. The molecule has 0 amide bonds. The maximum absolute atomic E-state index is 3.82. The van der Waals surface area contributed by atoms with E-state index in [4.69, 9.17) is 0 Å². The fourth-order valence-corrected chi connectivity index (χ4v) is 2.44. The molecule has 0 aliphatic carbocycles. The summed E-state index contributed by atoms with van der Waals surface area (Å²) in [6, 6.07) is 8.62. The lowest BCUT2D eigenvalue weighted by Crippen LogP contribution is -2.32. The number of aromatic nitrogens is 3. The van der Waals surface area contributed by atoms with E-state index in [2.05, 4.69) is 46.3 Å². The lowest BCUT2D eigenvalue weighted by Gasteiger charge is -2.32. The van der Waals surface area contributed by atoms with Gasteiger partial charge in [0.25, 0.3) is 0 Å². The lowest BCUT2D eigenvalue weighted by atomic mass is 9.99. The molecule has 1 saturated heterocycles. The van der Waals surface area contributed by atoms with Crippen molar-refractivity contribution in [2.45, 2.75) is 19.8 Å². The van der Waals surface area contributed by atoms with Crippen LogP contribution in [-0.2, 0) is 0 Å². The smallest absolute Gasteiger partial charge is 0.123 e. The second kappa shape index (κ2) is 4.80. The highest BCUT2D eigenvalue weighted by Crippen LogP contribution is 2.23. The van der Waals surface area contributed by atoms with Gasteiger partial charge in [0, 0.05) is 24.5 Å². The third-order valence-corrected chi connectivity index (χ3v) is 3.72. The van der Waals surface area contributed by atoms with Crippen LogP contribution in [0.4, 0.5) is 5.69 Å². The van der Waals surface area contributed by atoms with E-state index in [1.54, 1.807) is 12.7 Å². The van der Waals surface area contributed by atoms with Gasteiger partial charge in [0.2, 0.25) is 0 Å². The van der Waals surface area contributed by atoms with Crippen LogP contribution in [0.3, 0.4) is 0 Å². The molecule has 1 fully saturated rings. The van der Waals surface area contributed by atoms with Crippen molar-refractivity contribution in [1.82, 2.24) is 14.8 Å². The van der Waals surface area contributed by atoms with E-state index >= 15 is 0 Å². The van der Waals surface area contributed by atoms with Crippen LogP contribution in [0, 0.1) is 5.92 Å². The molecular weight excluding hydrogens is 224 g/mol. The molecule has 2 heterocycles. The van der Waals surface area contributed by atoms with Crippen molar-refractivity contribution in [3.05, 3.63) is 36.9 Å². The van der Waals surface area contributed by atoms with Crippen molar-refractivity contribution in [1.29, 1.82) is 0 Å². The largest absolute Gasteiger partial charge is 0.372 e. The predicted octanol–water partition coefficient (Wildman–Crippen LogP) is 2.50. The number of nitrogens with zero attached hydrogens (tertiary/aromatic N) is 4. The van der Waals surface area contributed by atoms with Gasteiger partial charge in [-0.1, -0.05) is 6.92 Å². The molecule has 94 valence electrons. The molecule has 0 unspecified atom stereocenters. The minimum atomic E-state index is 0.873. The van der Waals surface area contributed by atoms with E-state index in [0.717, 1.165) is 11.6 Å². The normalized spacial score (nSPS) is 17.1. The van der Waals surface area contributed by atoms with Crippen molar-refractivity contribution >= 4 is 5.69 Å². The molecule has 1 aliphatic rings. The van der Waals surface area contributed by atoms with Crippen LogP contribution >= 0.6 is 0 Å². The molecule has 3 rings (SSSR count). The fourth-order valence-electron chi connectivity index (χ4n) is 2.44. The average molecular weight is 242 g/mol. The summed E-state index contributed by atoms with van der Waals surface area (Å²) in [5.74, 6) is 0.873. The van der Waals surface area contributed by atoms with Gasteiger partial charge in [-0.05, 0) is 43.0 Å². The molecule has 0 atom stereocenters. The summed E-state index contributed by atoms with van der Waals surface area (Å²) in [6.45, 7) is 4.69. The molecule has 1 aromatic heterocycles. The zero-order valence-electron chi connectivity index (χ0n) is 10.7. The minimum absolute atomic E-state index is 0.873. The van der Waals surface area contributed by atoms with Crippen LogP contribution in [0.15, 0.2) is 36.9 Å². The summed E-state index contributed by atoms with van der Waals surface area (Å²) in [5.41, 5.74) is 2.42. The maximum Gasteiger partial charge on any atom is 0.123 e. The predicted molar refractivity (Wildman–Crippen MR) is 72.0 cm³/mol. The van der Waals surface area contributed by atoms with E-state index in [0.29, 0.717) is 0 Å². The van der Waals surface area contributed by atoms with Gasteiger partial charge in [-0.3, -0.25) is 4.57 Å². The molecule has 18 heavy (non-hydrogen) atoms. The zero-order chi connectivity index (χ0) is 12.4. The van der Waals surface area contributed by atoms with E-state index in [1.807, 2.05) is 4.57 Å². The van der Waals surface area contributed by atoms with E-state index < -0.39 is 0 Å². The molecule has 0 saturated carbocycles. The molecule has 4 nitrogen and oxygen atoms in total. The molecule has 0 bridgehead atoms. The van der Waals surface area contributed by atoms with E-state index in [-0.39, 0.29) is 0 Å². The Labute approximate surface area is 107 Å². The Hall–Kier alpha value is -1.84. The fraction of sp³-hybridized carbons (Fsp3) is 0.429. The number of rotatable bonds is 2. The van der Waals surface area contributed by atoms with Gasteiger partial charge in [0.05, 0.1) is 0 Å². The first-order chi connectivity index (χ1) is 8.83. The maximum atomic E-state index is 3.82. The van der Waals surface area contributed by atoms with Crippen LogP contribution in [0.5, 0.6) is 0 Å². The van der Waals surface area contributed by atoms with Gasteiger partial charge in [0.15, 0.2) is 0 Å². The molecule has 0 N–H and O–H groups in total. The Morgan fingerprint density at radius 1 is 0.944 bits per heavy atom. The Morgan fingerprint density at radius 3 is 2.11 bits per heavy atom. The Morgan fingerprint density at radius 2 is 1.50 bits per heavy atom. The molecule has 1 aromatic carbocycles. The van der Waals surface area contributed by atoms with Crippen LogP contribution < -0.4 is 4.90 Å². The number of hydrogen-bond donors (Lipinski definition) is 0. The van der Waals surface area contributed by atoms with Gasteiger partial charge >= 0.3 is 0 Å². The monoisotopic (exact) mass is 242 g/mol. The quantitative estimate of drug-likeness (QED) is 0.811. The molecular formula is C14H18N4. The third-order valence-electron chi connectivity index (χ3n) is 3.72. The number of anilines is 1. The first kappa shape index (κ1) is 11.3. The summed E-state index contributed by atoms with van der Waals surface area (Å²) < 4.78 is 1.92. The van der Waals surface area contributed by atoms with Crippen LogP contribution in [0.25, 0.3) is 5.69 Å². The summed E-state index contributed by atoms with van der Waals surface area (Å²) in [4.78, 5) is 2.47. The summed E-state index contributed by atoms with van der Waals surface area (Å²) >= 11 is 0. The molecule has 1 aliphatic heterocycles. The topological polar surface area (TPSA) is 34.0 Å². The van der Waals surface area contributed by atoms with Gasteiger partial charge in [-0.25, -0.2) is 0 Å². The Kier molecular flexibility index (Phi) is 3.00. The van der Waals surface area contributed by atoms with E-state index in [1.165, 1.54) is 31.6 Å². The highest BCUT2D eigenvalue weighted by Gasteiger charge is 2.15. The zero-order valence-corrected chi connectivity index (χ0v) is 10.7. The third kappa shape index (κ3) is 2.23. The second-order valence-corrected chi connectivity index (χ2v) is 5.06. The Bertz CT molecular complexity index is 481. The van der Waals surface area contributed by atoms with Crippen molar-refractivity contribution in [2.75, 3.05) is 18.0 Å². The molecule has 0 radical (unpaired) electrons. The Balaban J connectivity index is 1.75. The van der Waals surface area contributed by atoms with E-state index in [9.17, 15) is 0 Å². The minimum Gasteiger partial charge on any atom is -0.372 e. The molecule has 0 spiro atoms. The van der Waals surface area contributed by atoms with Crippen molar-refractivity contribution in [2.24, 2.45) is 5.92 Å². The lowest BCUT2D eigenvalue weighted by molar-refractivity contribution is 0.438. The number of hydrogen-bond acceptors (Lipinski definition) is 3. The van der Waals surface area contributed by atoms with Gasteiger partial charge in [0.1, 0.15) is 12.7 Å². The summed E-state index contributed by atoms with van der Waals surface area (Å²) in [7, 11) is 0. The number of benzene rings is 1. The van der Waals surface area contributed by atoms with Gasteiger partial charge < -0.3 is 4.90 Å². The van der Waals surface area contributed by atoms with Crippen LogP contribution in [0.1, 0.15) is 19.8 Å². The van der Waals surface area contributed by atoms with Gasteiger partial charge in [-0.15, -0.1) is 10.2 Å². The summed E-state index contributed by atoms with van der Waals surface area (Å²) in [5, 5.41) is 7.64.